The molecule has 1 heterocycles. The van der Waals surface area contributed by atoms with E-state index in [1.807, 2.05) is 13.0 Å². The first-order valence-electron chi connectivity index (χ1n) is 9.31. The molecule has 0 saturated carbocycles. The van der Waals surface area contributed by atoms with Gasteiger partial charge in [-0.2, -0.15) is 4.98 Å². The molecule has 0 aliphatic carbocycles. The van der Waals surface area contributed by atoms with Crippen molar-refractivity contribution < 1.29 is 0 Å². The van der Waals surface area contributed by atoms with Gasteiger partial charge in [0.2, 0.25) is 5.95 Å². The lowest BCUT2D eigenvalue weighted by molar-refractivity contribution is 0.590. The van der Waals surface area contributed by atoms with Gasteiger partial charge in [0.1, 0.15) is 5.82 Å². The van der Waals surface area contributed by atoms with Gasteiger partial charge in [0.25, 0.3) is 0 Å². The van der Waals surface area contributed by atoms with Crippen LogP contribution >= 0.6 is 0 Å². The van der Waals surface area contributed by atoms with Gasteiger partial charge in [0.15, 0.2) is 0 Å². The summed E-state index contributed by atoms with van der Waals surface area (Å²) in [5.74, 6) is 1.67. The van der Waals surface area contributed by atoms with Crippen molar-refractivity contribution in [2.24, 2.45) is 0 Å². The number of nitrogens with zero attached hydrogens (tertiary/aromatic N) is 3. The van der Waals surface area contributed by atoms with Gasteiger partial charge in [-0.05, 0) is 42.9 Å². The van der Waals surface area contributed by atoms with Crippen molar-refractivity contribution in [2.45, 2.75) is 59.8 Å². The Morgan fingerprint density at radius 1 is 0.960 bits per heavy atom. The highest BCUT2D eigenvalue weighted by Crippen LogP contribution is 2.25. The molecule has 4 heteroatoms. The van der Waals surface area contributed by atoms with Crippen molar-refractivity contribution in [3.05, 3.63) is 41.6 Å². The maximum absolute atomic E-state index is 4.74. The van der Waals surface area contributed by atoms with Crippen LogP contribution in [0.25, 0.3) is 0 Å². The molecular formula is C21H32N4. The molecule has 2 rings (SSSR count). The Bertz CT molecular complexity index is 665. The lowest BCUT2D eigenvalue weighted by Gasteiger charge is -2.22. The summed E-state index contributed by atoms with van der Waals surface area (Å²) < 4.78 is 0. The van der Waals surface area contributed by atoms with Crippen molar-refractivity contribution in [1.82, 2.24) is 9.97 Å². The molecule has 0 atom stereocenters. The van der Waals surface area contributed by atoms with E-state index in [2.05, 4.69) is 74.1 Å². The van der Waals surface area contributed by atoms with Gasteiger partial charge >= 0.3 is 0 Å². The highest BCUT2D eigenvalue weighted by atomic mass is 15.3. The van der Waals surface area contributed by atoms with E-state index in [0.29, 0.717) is 0 Å². The quantitative estimate of drug-likeness (QED) is 0.727. The monoisotopic (exact) mass is 340 g/mol. The number of benzene rings is 1. The van der Waals surface area contributed by atoms with E-state index in [1.165, 1.54) is 5.56 Å². The summed E-state index contributed by atoms with van der Waals surface area (Å²) in [4.78, 5) is 11.6. The minimum Gasteiger partial charge on any atom is -0.341 e. The topological polar surface area (TPSA) is 41.1 Å². The molecule has 0 saturated heterocycles. The number of aryl methyl sites for hydroxylation is 1. The number of anilines is 3. The van der Waals surface area contributed by atoms with Crippen LogP contribution in [0.4, 0.5) is 17.5 Å². The molecule has 136 valence electrons. The summed E-state index contributed by atoms with van der Waals surface area (Å²) >= 11 is 0. The van der Waals surface area contributed by atoms with Gasteiger partial charge in [-0.25, -0.2) is 4.98 Å². The Morgan fingerprint density at radius 2 is 1.56 bits per heavy atom. The van der Waals surface area contributed by atoms with Crippen LogP contribution in [0.3, 0.4) is 0 Å². The molecule has 0 radical (unpaired) electrons. The van der Waals surface area contributed by atoms with Gasteiger partial charge < -0.3 is 10.2 Å². The molecule has 0 aliphatic heterocycles. The average Bonchev–Trinajstić information content (AvgIpc) is 2.54. The van der Waals surface area contributed by atoms with Crippen LogP contribution in [0.5, 0.6) is 0 Å². The Labute approximate surface area is 152 Å². The minimum atomic E-state index is 0.165. The summed E-state index contributed by atoms with van der Waals surface area (Å²) in [5.41, 5.74) is 3.53. The van der Waals surface area contributed by atoms with Crippen molar-refractivity contribution in [2.75, 3.05) is 23.3 Å². The third-order valence-corrected chi connectivity index (χ3v) is 4.14. The molecular weight excluding hydrogens is 308 g/mol. The van der Waals surface area contributed by atoms with Gasteiger partial charge in [-0.1, -0.05) is 46.8 Å². The average molecular weight is 341 g/mol. The second-order valence-corrected chi connectivity index (χ2v) is 7.63. The van der Waals surface area contributed by atoms with Gasteiger partial charge in [-0.15, -0.1) is 0 Å². The van der Waals surface area contributed by atoms with E-state index in [9.17, 15) is 0 Å². The van der Waals surface area contributed by atoms with E-state index < -0.39 is 0 Å². The van der Waals surface area contributed by atoms with Crippen LogP contribution in [0.1, 0.15) is 58.7 Å². The normalized spacial score (nSPS) is 11.4. The first-order valence-corrected chi connectivity index (χ1v) is 9.31. The zero-order valence-corrected chi connectivity index (χ0v) is 16.6. The lowest BCUT2D eigenvalue weighted by Crippen LogP contribution is -2.27. The van der Waals surface area contributed by atoms with Gasteiger partial charge in [-0.3, -0.25) is 0 Å². The van der Waals surface area contributed by atoms with E-state index in [1.54, 1.807) is 0 Å². The van der Waals surface area contributed by atoms with Crippen LogP contribution in [0.2, 0.25) is 0 Å². The summed E-state index contributed by atoms with van der Waals surface area (Å²) in [5, 5.41) is 3.43. The Kier molecular flexibility index (Phi) is 6.40. The second kappa shape index (κ2) is 8.32. The van der Waals surface area contributed by atoms with Gasteiger partial charge in [0.05, 0.1) is 0 Å². The second-order valence-electron chi connectivity index (χ2n) is 7.63. The fourth-order valence-corrected chi connectivity index (χ4v) is 2.81. The van der Waals surface area contributed by atoms with Crippen LogP contribution in [-0.2, 0) is 5.41 Å². The first kappa shape index (κ1) is 19.2. The molecule has 0 amide bonds. The van der Waals surface area contributed by atoms with Crippen LogP contribution in [0, 0.1) is 6.92 Å². The zero-order valence-electron chi connectivity index (χ0n) is 16.6. The maximum Gasteiger partial charge on any atom is 0.227 e. The van der Waals surface area contributed by atoms with E-state index in [-0.39, 0.29) is 5.41 Å². The highest BCUT2D eigenvalue weighted by Gasteiger charge is 2.13. The summed E-state index contributed by atoms with van der Waals surface area (Å²) in [7, 11) is 0. The third kappa shape index (κ3) is 5.45. The molecule has 25 heavy (non-hydrogen) atoms. The summed E-state index contributed by atoms with van der Waals surface area (Å²) in [6.45, 7) is 15.1. The number of rotatable bonds is 7. The van der Waals surface area contributed by atoms with Crippen LogP contribution < -0.4 is 10.2 Å². The fraction of sp³-hybridized carbons (Fsp3) is 0.524. The predicted molar refractivity (Wildman–Crippen MR) is 108 cm³/mol. The molecule has 1 aromatic carbocycles. The van der Waals surface area contributed by atoms with E-state index in [4.69, 9.17) is 4.98 Å². The third-order valence-electron chi connectivity index (χ3n) is 4.14. The minimum absolute atomic E-state index is 0.165. The number of hydrogen-bond acceptors (Lipinski definition) is 4. The number of aromatic nitrogens is 2. The maximum atomic E-state index is 4.74. The molecule has 1 aromatic heterocycles. The number of nitrogens with one attached hydrogen (secondary N) is 1. The molecule has 0 aliphatic rings. The largest absolute Gasteiger partial charge is 0.341 e. The Balaban J connectivity index is 2.22. The fourth-order valence-electron chi connectivity index (χ4n) is 2.81. The highest BCUT2D eigenvalue weighted by molar-refractivity contribution is 5.58. The summed E-state index contributed by atoms with van der Waals surface area (Å²) in [6, 6.07) is 10.6. The molecule has 0 fully saturated rings. The Morgan fingerprint density at radius 3 is 2.08 bits per heavy atom. The molecule has 0 spiro atoms. The Hall–Kier alpha value is -2.10. The molecule has 0 bridgehead atoms. The molecule has 1 N–H and O–H groups in total. The smallest absolute Gasteiger partial charge is 0.227 e. The lowest BCUT2D eigenvalue weighted by atomic mass is 9.87. The van der Waals surface area contributed by atoms with Crippen LogP contribution in [-0.4, -0.2) is 23.1 Å². The van der Waals surface area contributed by atoms with E-state index in [0.717, 1.165) is 49.1 Å². The molecule has 4 nitrogen and oxygen atoms in total. The zero-order chi connectivity index (χ0) is 18.4. The van der Waals surface area contributed by atoms with Crippen molar-refractivity contribution in [3.63, 3.8) is 0 Å². The van der Waals surface area contributed by atoms with Crippen LogP contribution in [0.15, 0.2) is 30.3 Å². The van der Waals surface area contributed by atoms with E-state index >= 15 is 0 Å². The molecule has 2 aromatic rings. The van der Waals surface area contributed by atoms with Gasteiger partial charge in [0, 0.05) is 30.5 Å². The first-order chi connectivity index (χ1) is 11.8. The van der Waals surface area contributed by atoms with Crippen molar-refractivity contribution in [3.8, 4) is 0 Å². The van der Waals surface area contributed by atoms with Crippen molar-refractivity contribution in [1.29, 1.82) is 0 Å². The standard InChI is InChI=1S/C21H32N4/c1-7-13-25(14-8-2)20-22-16(3)15-19(24-20)23-18-11-9-17(10-12-18)21(4,5)6/h9-12,15H,7-8,13-14H2,1-6H3,(H,22,23,24). The number of hydrogen-bond donors (Lipinski definition) is 1. The summed E-state index contributed by atoms with van der Waals surface area (Å²) in [6.07, 6.45) is 2.18. The SMILES string of the molecule is CCCN(CCC)c1nc(C)cc(Nc2ccc(C(C)(C)C)cc2)n1. The molecule has 0 unspecified atom stereocenters. The van der Waals surface area contributed by atoms with Crippen molar-refractivity contribution >= 4 is 17.5 Å². The predicted octanol–water partition coefficient (Wildman–Crippen LogP) is 5.45.